The van der Waals surface area contributed by atoms with Gasteiger partial charge in [0.15, 0.2) is 11.5 Å². The van der Waals surface area contributed by atoms with Gasteiger partial charge < -0.3 is 19.3 Å². The lowest BCUT2D eigenvalue weighted by atomic mass is 9.75. The van der Waals surface area contributed by atoms with Crippen LogP contribution < -0.4 is 9.47 Å². The Balaban J connectivity index is 1.96. The number of likely N-dealkylation sites (N-methyl/N-ethyl adjacent to an activating group) is 1. The van der Waals surface area contributed by atoms with Crippen molar-refractivity contribution in [1.29, 1.82) is 0 Å². The van der Waals surface area contributed by atoms with Crippen molar-refractivity contribution in [3.63, 3.8) is 0 Å². The van der Waals surface area contributed by atoms with Crippen molar-refractivity contribution in [2.45, 2.75) is 32.2 Å². The van der Waals surface area contributed by atoms with Gasteiger partial charge in [0.05, 0.1) is 26.2 Å². The van der Waals surface area contributed by atoms with Crippen molar-refractivity contribution in [1.82, 2.24) is 9.80 Å². The second-order valence-electron chi connectivity index (χ2n) is 7.67. The molecule has 6 heteroatoms. The summed E-state index contributed by atoms with van der Waals surface area (Å²) in [6.07, 6.45) is 0.785. The van der Waals surface area contributed by atoms with Gasteiger partial charge in [-0.25, -0.2) is 0 Å². The Labute approximate surface area is 177 Å². The highest BCUT2D eigenvalue weighted by Crippen LogP contribution is 2.48. The number of rotatable bonds is 5. The van der Waals surface area contributed by atoms with Crippen molar-refractivity contribution in [3.8, 4) is 11.5 Å². The number of hydrogen-bond acceptors (Lipinski definition) is 4. The summed E-state index contributed by atoms with van der Waals surface area (Å²) < 4.78 is 10.9. The van der Waals surface area contributed by atoms with Gasteiger partial charge in [0.25, 0.3) is 5.91 Å². The summed E-state index contributed by atoms with van der Waals surface area (Å²) in [5.74, 6) is 0.508. The molecule has 158 valence electrons. The third kappa shape index (κ3) is 3.02. The monoisotopic (exact) mass is 408 g/mol. The van der Waals surface area contributed by atoms with Gasteiger partial charge in [-0.2, -0.15) is 0 Å². The van der Waals surface area contributed by atoms with Crippen molar-refractivity contribution in [2.24, 2.45) is 0 Å². The largest absolute Gasteiger partial charge is 0.493 e. The maximum absolute atomic E-state index is 13.8. The first-order valence-electron chi connectivity index (χ1n) is 10.5. The Morgan fingerprint density at radius 3 is 2.40 bits per heavy atom. The molecule has 2 atom stereocenters. The molecule has 0 radical (unpaired) electrons. The Kier molecular flexibility index (Phi) is 5.41. The molecule has 2 heterocycles. The lowest BCUT2D eigenvalue weighted by Crippen LogP contribution is -2.50. The van der Waals surface area contributed by atoms with Crippen molar-refractivity contribution in [2.75, 3.05) is 33.9 Å². The van der Waals surface area contributed by atoms with E-state index in [0.29, 0.717) is 42.3 Å². The Morgan fingerprint density at radius 2 is 1.73 bits per heavy atom. The molecule has 0 N–H and O–H groups in total. The van der Waals surface area contributed by atoms with Crippen LogP contribution in [-0.4, -0.2) is 55.5 Å². The summed E-state index contributed by atoms with van der Waals surface area (Å²) >= 11 is 0. The fraction of sp³-hybridized carbons (Fsp3) is 0.417. The molecule has 0 aliphatic carbocycles. The molecule has 2 aromatic rings. The molecule has 0 aromatic heterocycles. The SMILES string of the molecule is CCN(CC)C(=O)[C@@H]1c2cc(OC)c(OC)cc2C(=O)N2CCc3ccccc3[C@H]12. The van der Waals surface area contributed by atoms with Gasteiger partial charge in [0, 0.05) is 25.2 Å². The molecule has 0 fully saturated rings. The number of carbonyl (C=O) groups is 2. The molecule has 0 spiro atoms. The standard InChI is InChI=1S/C24H28N2O4/c1-5-25(6-2)24(28)21-17-13-19(29-3)20(30-4)14-18(17)23(27)26-12-11-15-9-7-8-10-16(15)22(21)26/h7-10,13-14,21-22H,5-6,11-12H2,1-4H3/t21-,22-/m1/s1. The van der Waals surface area contributed by atoms with Crippen LogP contribution in [0.15, 0.2) is 36.4 Å². The number of ether oxygens (including phenoxy) is 2. The summed E-state index contributed by atoms with van der Waals surface area (Å²) in [6, 6.07) is 11.4. The van der Waals surface area contributed by atoms with Crippen LogP contribution in [0, 0.1) is 0 Å². The number of methoxy groups -OCH3 is 2. The van der Waals surface area contributed by atoms with E-state index in [2.05, 4.69) is 6.07 Å². The van der Waals surface area contributed by atoms with Crippen LogP contribution >= 0.6 is 0 Å². The van der Waals surface area contributed by atoms with Gasteiger partial charge in [0.2, 0.25) is 5.91 Å². The third-order valence-electron chi connectivity index (χ3n) is 6.37. The number of amides is 2. The van der Waals surface area contributed by atoms with Gasteiger partial charge in [-0.3, -0.25) is 9.59 Å². The molecule has 30 heavy (non-hydrogen) atoms. The quantitative estimate of drug-likeness (QED) is 0.761. The number of fused-ring (bicyclic) bond motifs is 4. The highest BCUT2D eigenvalue weighted by atomic mass is 16.5. The van der Waals surface area contributed by atoms with Crippen LogP contribution in [0.3, 0.4) is 0 Å². The summed E-state index contributed by atoms with van der Waals surface area (Å²) in [6.45, 7) is 5.80. The molecule has 2 aliphatic rings. The van der Waals surface area contributed by atoms with Gasteiger partial charge in [-0.1, -0.05) is 24.3 Å². The molecule has 2 aromatic carbocycles. The number of nitrogens with zero attached hydrogens (tertiary/aromatic N) is 2. The fourth-order valence-corrected chi connectivity index (χ4v) is 4.85. The molecule has 0 unspecified atom stereocenters. The van der Waals surface area contributed by atoms with E-state index < -0.39 is 5.92 Å². The molecular formula is C24H28N2O4. The van der Waals surface area contributed by atoms with Gasteiger partial charge in [0.1, 0.15) is 0 Å². The zero-order valence-corrected chi connectivity index (χ0v) is 18.0. The van der Waals surface area contributed by atoms with Crippen molar-refractivity contribution < 1.29 is 19.1 Å². The van der Waals surface area contributed by atoms with Crippen LogP contribution in [0.5, 0.6) is 11.5 Å². The first-order valence-corrected chi connectivity index (χ1v) is 10.5. The Bertz CT molecular complexity index is 983. The van der Waals surface area contributed by atoms with E-state index in [1.807, 2.05) is 47.9 Å². The van der Waals surface area contributed by atoms with Crippen molar-refractivity contribution >= 4 is 11.8 Å². The molecule has 6 nitrogen and oxygen atoms in total. The third-order valence-corrected chi connectivity index (χ3v) is 6.37. The van der Waals surface area contributed by atoms with E-state index >= 15 is 0 Å². The van der Waals surface area contributed by atoms with Gasteiger partial charge >= 0.3 is 0 Å². The number of hydrogen-bond donors (Lipinski definition) is 0. The minimum atomic E-state index is -0.487. The van der Waals surface area contributed by atoms with Crippen LogP contribution in [0.2, 0.25) is 0 Å². The Morgan fingerprint density at radius 1 is 1.07 bits per heavy atom. The molecule has 4 rings (SSSR count). The van der Waals surface area contributed by atoms with Crippen LogP contribution in [0.4, 0.5) is 0 Å². The second kappa shape index (κ2) is 8.01. The molecule has 2 aliphatic heterocycles. The van der Waals surface area contributed by atoms with Crippen molar-refractivity contribution in [3.05, 3.63) is 58.7 Å². The van der Waals surface area contributed by atoms with Gasteiger partial charge in [-0.05, 0) is 49.1 Å². The highest BCUT2D eigenvalue weighted by Gasteiger charge is 2.47. The van der Waals surface area contributed by atoms with E-state index in [4.69, 9.17) is 9.47 Å². The van der Waals surface area contributed by atoms with E-state index in [0.717, 1.165) is 12.0 Å². The first kappa shape index (κ1) is 20.3. The zero-order chi connectivity index (χ0) is 21.4. The number of benzene rings is 2. The summed E-state index contributed by atoms with van der Waals surface area (Å²) in [5, 5.41) is 0. The average Bonchev–Trinajstić information content (AvgIpc) is 2.79. The Hall–Kier alpha value is -3.02. The van der Waals surface area contributed by atoms with Crippen LogP contribution in [0.25, 0.3) is 0 Å². The van der Waals surface area contributed by atoms with E-state index in [1.54, 1.807) is 20.3 Å². The van der Waals surface area contributed by atoms with E-state index in [-0.39, 0.29) is 17.9 Å². The maximum atomic E-state index is 13.8. The minimum absolute atomic E-state index is 0.0349. The normalized spacial score (nSPS) is 19.5. The van der Waals surface area contributed by atoms with Gasteiger partial charge in [-0.15, -0.1) is 0 Å². The molecule has 2 amide bonds. The second-order valence-corrected chi connectivity index (χ2v) is 7.67. The van der Waals surface area contributed by atoms with E-state index in [1.165, 1.54) is 5.56 Å². The molecule has 0 bridgehead atoms. The first-order chi connectivity index (χ1) is 14.5. The molecular weight excluding hydrogens is 380 g/mol. The minimum Gasteiger partial charge on any atom is -0.493 e. The fourth-order valence-electron chi connectivity index (χ4n) is 4.85. The lowest BCUT2D eigenvalue weighted by molar-refractivity contribution is -0.134. The lowest BCUT2D eigenvalue weighted by Gasteiger charge is -2.46. The highest BCUT2D eigenvalue weighted by molar-refractivity contribution is 6.02. The summed E-state index contributed by atoms with van der Waals surface area (Å²) in [5.41, 5.74) is 3.50. The zero-order valence-electron chi connectivity index (χ0n) is 18.0. The summed E-state index contributed by atoms with van der Waals surface area (Å²) in [4.78, 5) is 31.0. The maximum Gasteiger partial charge on any atom is 0.254 e. The smallest absolute Gasteiger partial charge is 0.254 e. The number of carbonyl (C=O) groups excluding carboxylic acids is 2. The predicted octanol–water partition coefficient (Wildman–Crippen LogP) is 3.41. The summed E-state index contributed by atoms with van der Waals surface area (Å²) in [7, 11) is 3.12. The van der Waals surface area contributed by atoms with Crippen LogP contribution in [-0.2, 0) is 11.2 Å². The topological polar surface area (TPSA) is 59.1 Å². The predicted molar refractivity (Wildman–Crippen MR) is 114 cm³/mol. The molecule has 0 saturated carbocycles. The van der Waals surface area contributed by atoms with Crippen LogP contribution in [0.1, 0.15) is 52.9 Å². The molecule has 0 saturated heterocycles. The average molecular weight is 408 g/mol. The van der Waals surface area contributed by atoms with E-state index in [9.17, 15) is 9.59 Å².